The lowest BCUT2D eigenvalue weighted by Gasteiger charge is -2.06. The highest BCUT2D eigenvalue weighted by Gasteiger charge is 2.16. The molecule has 8 heteroatoms. The Kier molecular flexibility index (Phi) is 6.01. The van der Waals surface area contributed by atoms with E-state index in [9.17, 15) is 9.18 Å². The molecule has 6 nitrogen and oxygen atoms in total. The number of hydrogen-bond donors (Lipinski definition) is 1. The van der Waals surface area contributed by atoms with Gasteiger partial charge >= 0.3 is 0 Å². The molecule has 0 unspecified atom stereocenters. The molecule has 2 heterocycles. The van der Waals surface area contributed by atoms with Crippen LogP contribution in [-0.4, -0.2) is 15.7 Å². The highest BCUT2D eigenvalue weighted by atomic mass is 35.5. The molecule has 0 atom stereocenters. The van der Waals surface area contributed by atoms with Gasteiger partial charge in [0.05, 0.1) is 6.54 Å². The average Bonchev–Trinajstić information content (AvgIpc) is 3.44. The fraction of sp³-hybridized carbons (Fsp3) is 0.0769. The van der Waals surface area contributed by atoms with Crippen LogP contribution in [0, 0.1) is 5.82 Å². The number of fused-ring (bicyclic) bond motifs is 1. The van der Waals surface area contributed by atoms with E-state index < -0.39 is 5.91 Å². The molecule has 0 spiro atoms. The number of nitrogens with one attached hydrogen (secondary N) is 1. The molecule has 1 amide bonds. The second-order valence-corrected chi connectivity index (χ2v) is 8.08. The highest BCUT2D eigenvalue weighted by molar-refractivity contribution is 6.33. The summed E-state index contributed by atoms with van der Waals surface area (Å²) in [5.74, 6) is 0.677. The number of aromatic nitrogens is 2. The van der Waals surface area contributed by atoms with Gasteiger partial charge in [0.25, 0.3) is 5.91 Å². The molecule has 34 heavy (non-hydrogen) atoms. The van der Waals surface area contributed by atoms with E-state index in [1.807, 2.05) is 42.5 Å². The van der Waals surface area contributed by atoms with E-state index in [1.165, 1.54) is 16.8 Å². The molecule has 5 aromatic rings. The zero-order chi connectivity index (χ0) is 23.5. The molecule has 5 rings (SSSR count). The third-order valence-corrected chi connectivity index (χ3v) is 5.45. The van der Waals surface area contributed by atoms with Crippen molar-refractivity contribution in [2.75, 3.05) is 5.32 Å². The fourth-order valence-corrected chi connectivity index (χ4v) is 3.74. The standard InChI is InChI=1S/C26H19ClFN3O3/c27-23-15-31(14-17-4-3-7-20(28)12-17)30-25(23)29-26(32)24-11-10-22(34-24)16-33-21-9-8-18-5-1-2-6-19(18)13-21/h1-13,15H,14,16H2,(H,29,30,32). The Hall–Kier alpha value is -4.10. The molecule has 0 bridgehead atoms. The first-order valence-electron chi connectivity index (χ1n) is 10.5. The van der Waals surface area contributed by atoms with Gasteiger partial charge in [-0.15, -0.1) is 0 Å². The van der Waals surface area contributed by atoms with Crippen LogP contribution in [0.1, 0.15) is 21.9 Å². The summed E-state index contributed by atoms with van der Waals surface area (Å²) in [5.41, 5.74) is 0.721. The maximum Gasteiger partial charge on any atom is 0.292 e. The number of anilines is 1. The number of carbonyl (C=O) groups is 1. The highest BCUT2D eigenvalue weighted by Crippen LogP contribution is 2.23. The summed E-state index contributed by atoms with van der Waals surface area (Å²) in [4.78, 5) is 12.6. The van der Waals surface area contributed by atoms with Crippen LogP contribution in [0.25, 0.3) is 10.8 Å². The van der Waals surface area contributed by atoms with Gasteiger partial charge in [0, 0.05) is 6.20 Å². The van der Waals surface area contributed by atoms with Crippen LogP contribution in [0.2, 0.25) is 5.02 Å². The van der Waals surface area contributed by atoms with Crippen LogP contribution in [0.15, 0.2) is 89.5 Å². The molecule has 0 radical (unpaired) electrons. The molecular formula is C26H19ClFN3O3. The van der Waals surface area contributed by atoms with Gasteiger partial charge in [-0.05, 0) is 52.7 Å². The second-order valence-electron chi connectivity index (χ2n) is 7.67. The number of carbonyl (C=O) groups excluding carboxylic acids is 1. The van der Waals surface area contributed by atoms with Crippen LogP contribution in [0.3, 0.4) is 0 Å². The van der Waals surface area contributed by atoms with E-state index in [-0.39, 0.29) is 29.0 Å². The van der Waals surface area contributed by atoms with E-state index in [1.54, 1.807) is 30.5 Å². The number of ether oxygens (including phenoxy) is 1. The topological polar surface area (TPSA) is 69.3 Å². The minimum atomic E-state index is -0.491. The first-order chi connectivity index (χ1) is 16.5. The minimum absolute atomic E-state index is 0.104. The van der Waals surface area contributed by atoms with E-state index in [0.717, 1.165) is 16.3 Å². The van der Waals surface area contributed by atoms with Crippen molar-refractivity contribution in [2.24, 2.45) is 0 Å². The van der Waals surface area contributed by atoms with Gasteiger partial charge in [0.2, 0.25) is 0 Å². The first kappa shape index (κ1) is 21.7. The first-order valence-corrected chi connectivity index (χ1v) is 10.9. The molecule has 0 saturated carbocycles. The van der Waals surface area contributed by atoms with Gasteiger partial charge in [-0.2, -0.15) is 5.10 Å². The molecule has 0 aliphatic rings. The van der Waals surface area contributed by atoms with Gasteiger partial charge in [-0.25, -0.2) is 4.39 Å². The summed E-state index contributed by atoms with van der Waals surface area (Å²) in [7, 11) is 0. The molecule has 170 valence electrons. The lowest BCUT2D eigenvalue weighted by molar-refractivity contribution is 0.0992. The van der Waals surface area contributed by atoms with Crippen molar-refractivity contribution in [3.05, 3.63) is 113 Å². The molecule has 3 aromatic carbocycles. The monoisotopic (exact) mass is 475 g/mol. The Balaban J connectivity index is 1.21. The molecular weight excluding hydrogens is 457 g/mol. The van der Waals surface area contributed by atoms with Gasteiger partial charge in [-0.1, -0.05) is 54.1 Å². The van der Waals surface area contributed by atoms with Crippen molar-refractivity contribution in [2.45, 2.75) is 13.2 Å². The Bertz CT molecular complexity index is 1480. The zero-order valence-electron chi connectivity index (χ0n) is 17.9. The van der Waals surface area contributed by atoms with E-state index in [2.05, 4.69) is 10.4 Å². The van der Waals surface area contributed by atoms with E-state index in [4.69, 9.17) is 20.8 Å². The lowest BCUT2D eigenvalue weighted by Crippen LogP contribution is -2.12. The van der Waals surface area contributed by atoms with E-state index in [0.29, 0.717) is 18.1 Å². The minimum Gasteiger partial charge on any atom is -0.486 e. The normalized spacial score (nSPS) is 11.0. The van der Waals surface area contributed by atoms with Crippen molar-refractivity contribution < 1.29 is 18.3 Å². The number of halogens is 2. The van der Waals surface area contributed by atoms with Gasteiger partial charge < -0.3 is 14.5 Å². The van der Waals surface area contributed by atoms with Crippen molar-refractivity contribution >= 4 is 34.1 Å². The van der Waals surface area contributed by atoms with Crippen molar-refractivity contribution in [3.8, 4) is 5.75 Å². The molecule has 0 fully saturated rings. The van der Waals surface area contributed by atoms with Gasteiger partial charge in [0.1, 0.15) is 29.0 Å². The summed E-state index contributed by atoms with van der Waals surface area (Å²) in [6, 6.07) is 23.3. The van der Waals surface area contributed by atoms with Crippen LogP contribution in [0.5, 0.6) is 5.75 Å². The maximum absolute atomic E-state index is 13.4. The number of benzene rings is 3. The van der Waals surface area contributed by atoms with Crippen LogP contribution in [-0.2, 0) is 13.2 Å². The summed E-state index contributed by atoms with van der Waals surface area (Å²) < 4.78 is 26.4. The van der Waals surface area contributed by atoms with Crippen LogP contribution in [0.4, 0.5) is 10.2 Å². The third kappa shape index (κ3) is 4.94. The fourth-order valence-electron chi connectivity index (χ4n) is 3.54. The number of hydrogen-bond acceptors (Lipinski definition) is 4. The summed E-state index contributed by atoms with van der Waals surface area (Å²) in [5, 5.41) is 9.38. The van der Waals surface area contributed by atoms with Crippen LogP contribution < -0.4 is 10.1 Å². The summed E-state index contributed by atoms with van der Waals surface area (Å²) in [6.07, 6.45) is 1.56. The average molecular weight is 476 g/mol. The summed E-state index contributed by atoms with van der Waals surface area (Å²) in [6.45, 7) is 0.485. The zero-order valence-corrected chi connectivity index (χ0v) is 18.6. The van der Waals surface area contributed by atoms with Gasteiger partial charge in [0.15, 0.2) is 11.6 Å². The number of rotatable bonds is 7. The Morgan fingerprint density at radius 2 is 1.88 bits per heavy atom. The van der Waals surface area contributed by atoms with E-state index >= 15 is 0 Å². The lowest BCUT2D eigenvalue weighted by atomic mass is 10.1. The maximum atomic E-state index is 13.4. The van der Waals surface area contributed by atoms with Crippen molar-refractivity contribution in [1.82, 2.24) is 9.78 Å². The molecule has 0 aliphatic carbocycles. The molecule has 2 aromatic heterocycles. The Morgan fingerprint density at radius 1 is 1.03 bits per heavy atom. The van der Waals surface area contributed by atoms with Crippen molar-refractivity contribution in [3.63, 3.8) is 0 Å². The number of amides is 1. The number of nitrogens with zero attached hydrogens (tertiary/aromatic N) is 2. The summed E-state index contributed by atoms with van der Waals surface area (Å²) >= 11 is 6.22. The largest absolute Gasteiger partial charge is 0.486 e. The number of furan rings is 1. The Labute approximate surface area is 199 Å². The molecule has 0 aliphatic heterocycles. The smallest absolute Gasteiger partial charge is 0.292 e. The Morgan fingerprint density at radius 3 is 2.74 bits per heavy atom. The third-order valence-electron chi connectivity index (χ3n) is 5.17. The van der Waals surface area contributed by atoms with Crippen LogP contribution >= 0.6 is 11.6 Å². The predicted molar refractivity (Wildman–Crippen MR) is 128 cm³/mol. The molecule has 1 N–H and O–H groups in total. The van der Waals surface area contributed by atoms with Crippen molar-refractivity contribution in [1.29, 1.82) is 0 Å². The quantitative estimate of drug-likeness (QED) is 0.300. The molecule has 0 saturated heterocycles. The second kappa shape index (κ2) is 9.41. The predicted octanol–water partition coefficient (Wildman–Crippen LogP) is 6.30. The van der Waals surface area contributed by atoms with Gasteiger partial charge in [-0.3, -0.25) is 9.48 Å². The SMILES string of the molecule is O=C(Nc1nn(Cc2cccc(F)c2)cc1Cl)c1ccc(COc2ccc3ccccc3c2)o1.